The predicted octanol–water partition coefficient (Wildman–Crippen LogP) is 2.66. The van der Waals surface area contributed by atoms with Gasteiger partial charge in [-0.1, -0.05) is 12.8 Å². The number of carbonyl (C=O) groups excluding carboxylic acids is 1. The summed E-state index contributed by atoms with van der Waals surface area (Å²) >= 11 is 0. The maximum atomic E-state index is 12.0. The summed E-state index contributed by atoms with van der Waals surface area (Å²) in [5, 5.41) is 6.18. The van der Waals surface area contributed by atoms with Crippen molar-refractivity contribution in [1.29, 1.82) is 0 Å². The van der Waals surface area contributed by atoms with Gasteiger partial charge in [0.25, 0.3) is 0 Å². The minimum Gasteiger partial charge on any atom is -0.449 e. The minimum atomic E-state index is -0.644. The van der Waals surface area contributed by atoms with Crippen LogP contribution in [0.25, 0.3) is 0 Å². The molecule has 1 fully saturated rings. The smallest absolute Gasteiger partial charge is 0.246 e. The van der Waals surface area contributed by atoms with Crippen LogP contribution >= 0.6 is 0 Å². The first kappa shape index (κ1) is 14.2. The lowest BCUT2D eigenvalue weighted by atomic mass is 10.2. The van der Waals surface area contributed by atoms with Crippen LogP contribution < -0.4 is 20.1 Å². The summed E-state index contributed by atoms with van der Waals surface area (Å²) < 4.78 is 11.3. The van der Waals surface area contributed by atoms with E-state index in [0.29, 0.717) is 24.1 Å². The summed E-state index contributed by atoms with van der Waals surface area (Å²) in [7, 11) is 0. The van der Waals surface area contributed by atoms with E-state index in [-0.39, 0.29) is 5.91 Å². The Bertz CT molecular complexity index is 536. The Hall–Kier alpha value is -1.75. The number of hydrogen-bond acceptors (Lipinski definition) is 4. The van der Waals surface area contributed by atoms with Crippen LogP contribution in [0.2, 0.25) is 0 Å². The number of nitrogens with one attached hydrogen (secondary N) is 2. The van der Waals surface area contributed by atoms with Gasteiger partial charge < -0.3 is 20.1 Å². The van der Waals surface area contributed by atoms with Crippen molar-refractivity contribution in [1.82, 2.24) is 5.32 Å². The summed E-state index contributed by atoms with van der Waals surface area (Å²) in [6.07, 6.45) is 4.87. The zero-order valence-electron chi connectivity index (χ0n) is 12.6. The number of fused-ring (bicyclic) bond motifs is 1. The highest BCUT2D eigenvalue weighted by Gasteiger charge is 2.31. The quantitative estimate of drug-likeness (QED) is 0.895. The van der Waals surface area contributed by atoms with Crippen molar-refractivity contribution in [3.8, 4) is 11.5 Å². The standard InChI is InChI=1S/C16H22N2O3/c1-16(2)20-13-8-7-12(9-14(13)21-16)18-15(19)10-17-11-5-3-4-6-11/h7-9,11,17H,3-6,10H2,1-2H3,(H,18,19). The molecule has 1 aliphatic heterocycles. The molecule has 3 rings (SSSR count). The van der Waals surface area contributed by atoms with E-state index in [1.807, 2.05) is 26.0 Å². The van der Waals surface area contributed by atoms with Gasteiger partial charge in [0.05, 0.1) is 6.54 Å². The van der Waals surface area contributed by atoms with Gasteiger partial charge >= 0.3 is 0 Å². The summed E-state index contributed by atoms with van der Waals surface area (Å²) in [6, 6.07) is 5.95. The maximum absolute atomic E-state index is 12.0. The van der Waals surface area contributed by atoms with Crippen molar-refractivity contribution >= 4 is 11.6 Å². The highest BCUT2D eigenvalue weighted by Crippen LogP contribution is 2.40. The van der Waals surface area contributed by atoms with Gasteiger partial charge in [-0.25, -0.2) is 0 Å². The number of rotatable bonds is 4. The number of hydrogen-bond donors (Lipinski definition) is 2. The van der Waals surface area contributed by atoms with E-state index in [2.05, 4.69) is 10.6 Å². The maximum Gasteiger partial charge on any atom is 0.246 e. The van der Waals surface area contributed by atoms with Crippen molar-refractivity contribution in [3.63, 3.8) is 0 Å². The largest absolute Gasteiger partial charge is 0.449 e. The van der Waals surface area contributed by atoms with Crippen LogP contribution in [-0.4, -0.2) is 24.3 Å². The third kappa shape index (κ3) is 3.47. The molecule has 2 N–H and O–H groups in total. The molecule has 5 heteroatoms. The second-order valence-electron chi connectivity index (χ2n) is 6.18. The zero-order chi connectivity index (χ0) is 14.9. The van der Waals surface area contributed by atoms with E-state index in [9.17, 15) is 4.79 Å². The van der Waals surface area contributed by atoms with Crippen LogP contribution in [0, 0.1) is 0 Å². The Kier molecular flexibility index (Phi) is 3.76. The summed E-state index contributed by atoms with van der Waals surface area (Å²) in [5.74, 6) is 0.707. The number of benzene rings is 1. The van der Waals surface area contributed by atoms with Crippen LogP contribution in [-0.2, 0) is 4.79 Å². The molecule has 1 aromatic carbocycles. The molecule has 0 bridgehead atoms. The van der Waals surface area contributed by atoms with E-state index in [1.165, 1.54) is 25.7 Å². The number of carbonyl (C=O) groups is 1. The zero-order valence-corrected chi connectivity index (χ0v) is 12.6. The van der Waals surface area contributed by atoms with Crippen LogP contribution in [0.4, 0.5) is 5.69 Å². The average Bonchev–Trinajstić information content (AvgIpc) is 3.01. The van der Waals surface area contributed by atoms with E-state index < -0.39 is 5.79 Å². The van der Waals surface area contributed by atoms with Gasteiger partial charge in [-0.2, -0.15) is 0 Å². The molecule has 0 saturated heterocycles. The van der Waals surface area contributed by atoms with Crippen molar-refractivity contribution in [2.45, 2.75) is 51.4 Å². The molecule has 1 aliphatic carbocycles. The molecular weight excluding hydrogens is 268 g/mol. The Balaban J connectivity index is 1.54. The van der Waals surface area contributed by atoms with Crippen molar-refractivity contribution < 1.29 is 14.3 Å². The van der Waals surface area contributed by atoms with Crippen LogP contribution in [0.15, 0.2) is 18.2 Å². The summed E-state index contributed by atoms with van der Waals surface area (Å²) in [5.41, 5.74) is 0.730. The Morgan fingerprint density at radius 1 is 1.24 bits per heavy atom. The van der Waals surface area contributed by atoms with Gasteiger partial charge in [0.1, 0.15) is 0 Å². The molecule has 0 atom stereocenters. The van der Waals surface area contributed by atoms with E-state index in [0.717, 1.165) is 5.69 Å². The van der Waals surface area contributed by atoms with E-state index >= 15 is 0 Å². The van der Waals surface area contributed by atoms with Crippen LogP contribution in [0.5, 0.6) is 11.5 Å². The number of ether oxygens (including phenoxy) is 2. The molecule has 1 aromatic rings. The fourth-order valence-electron chi connectivity index (χ4n) is 2.87. The predicted molar refractivity (Wildman–Crippen MR) is 80.7 cm³/mol. The van der Waals surface area contributed by atoms with Crippen molar-refractivity contribution in [3.05, 3.63) is 18.2 Å². The molecule has 0 spiro atoms. The second kappa shape index (κ2) is 5.56. The van der Waals surface area contributed by atoms with Gasteiger partial charge in [0, 0.05) is 31.6 Å². The van der Waals surface area contributed by atoms with E-state index in [1.54, 1.807) is 6.07 Å². The monoisotopic (exact) mass is 290 g/mol. The Morgan fingerprint density at radius 3 is 2.71 bits per heavy atom. The highest BCUT2D eigenvalue weighted by atomic mass is 16.7. The average molecular weight is 290 g/mol. The molecule has 1 amide bonds. The molecule has 0 unspecified atom stereocenters. The second-order valence-corrected chi connectivity index (χ2v) is 6.18. The van der Waals surface area contributed by atoms with Gasteiger partial charge in [-0.05, 0) is 25.0 Å². The third-order valence-electron chi connectivity index (χ3n) is 3.85. The van der Waals surface area contributed by atoms with Crippen LogP contribution in [0.1, 0.15) is 39.5 Å². The lowest BCUT2D eigenvalue weighted by molar-refractivity contribution is -0.115. The molecule has 1 heterocycles. The summed E-state index contributed by atoms with van der Waals surface area (Å²) in [4.78, 5) is 12.0. The molecule has 21 heavy (non-hydrogen) atoms. The van der Waals surface area contributed by atoms with Gasteiger partial charge in [-0.15, -0.1) is 0 Å². The lowest BCUT2D eigenvalue weighted by Gasteiger charge is -2.16. The fourth-order valence-corrected chi connectivity index (χ4v) is 2.87. The van der Waals surface area contributed by atoms with Crippen molar-refractivity contribution in [2.75, 3.05) is 11.9 Å². The molecule has 2 aliphatic rings. The Morgan fingerprint density at radius 2 is 1.95 bits per heavy atom. The summed E-state index contributed by atoms with van der Waals surface area (Å²) in [6.45, 7) is 4.07. The Labute approximate surface area is 125 Å². The molecule has 114 valence electrons. The topological polar surface area (TPSA) is 59.6 Å². The SMILES string of the molecule is CC1(C)Oc2ccc(NC(=O)CNC3CCCC3)cc2O1. The molecule has 1 saturated carbocycles. The van der Waals surface area contributed by atoms with Crippen LogP contribution in [0.3, 0.4) is 0 Å². The number of anilines is 1. The highest BCUT2D eigenvalue weighted by molar-refractivity contribution is 5.92. The molecule has 5 nitrogen and oxygen atoms in total. The van der Waals surface area contributed by atoms with Gasteiger partial charge in [0.2, 0.25) is 11.7 Å². The first-order chi connectivity index (χ1) is 10.0. The first-order valence-electron chi connectivity index (χ1n) is 7.57. The minimum absolute atomic E-state index is 0.0278. The normalized spacial score (nSPS) is 19.7. The van der Waals surface area contributed by atoms with Gasteiger partial charge in [-0.3, -0.25) is 4.79 Å². The van der Waals surface area contributed by atoms with Gasteiger partial charge in [0.15, 0.2) is 11.5 Å². The fraction of sp³-hybridized carbons (Fsp3) is 0.562. The number of amides is 1. The third-order valence-corrected chi connectivity index (χ3v) is 3.85. The molecule has 0 radical (unpaired) electrons. The van der Waals surface area contributed by atoms with E-state index in [4.69, 9.17) is 9.47 Å². The lowest BCUT2D eigenvalue weighted by Crippen LogP contribution is -2.34. The first-order valence-corrected chi connectivity index (χ1v) is 7.57. The molecule has 0 aromatic heterocycles. The van der Waals surface area contributed by atoms with Crippen molar-refractivity contribution in [2.24, 2.45) is 0 Å². The molecular formula is C16H22N2O3.